The molecule has 0 unspecified atom stereocenters. The molecule has 0 bridgehead atoms. The maximum absolute atomic E-state index is 13.5. The van der Waals surface area contributed by atoms with E-state index in [9.17, 15) is 45.2 Å². The first-order valence-corrected chi connectivity index (χ1v) is 42.7. The number of carbonyl (C=O) groups excluding carboxylic acids is 5. The van der Waals surface area contributed by atoms with Crippen molar-refractivity contribution in [3.8, 4) is 56.3 Å². The lowest BCUT2D eigenvalue weighted by Crippen LogP contribution is -2.14. The third-order valence-electron chi connectivity index (χ3n) is 17.1. The number of anilines is 6. The van der Waals surface area contributed by atoms with Gasteiger partial charge in [-0.2, -0.15) is 4.39 Å². The Hall–Kier alpha value is -13.0. The normalized spacial score (nSPS) is 10.7. The fraction of sp³-hybridized carbons (Fsp3) is 0.0337. The lowest BCUT2D eigenvalue weighted by Gasteiger charge is -2.11. The lowest BCUT2D eigenvalue weighted by atomic mass is 10.1. The largest absolute Gasteiger partial charge is 0.383 e. The number of hydrogen-bond acceptors (Lipinski definition) is 18. The van der Waals surface area contributed by atoms with E-state index in [1.165, 1.54) is 72.3 Å². The van der Waals surface area contributed by atoms with Crippen molar-refractivity contribution >= 4 is 164 Å². The number of halogens is 7. The number of benzene rings is 7. The molecule has 0 saturated carbocycles. The first kappa shape index (κ1) is 88.8. The van der Waals surface area contributed by atoms with Crippen molar-refractivity contribution in [3.63, 3.8) is 0 Å². The van der Waals surface area contributed by atoms with E-state index in [0.717, 1.165) is 40.6 Å². The van der Waals surface area contributed by atoms with Crippen LogP contribution in [-0.2, 0) is 19.7 Å². The molecule has 7 aromatic carbocycles. The molecule has 8 heterocycles. The average Bonchev–Trinajstić information content (AvgIpc) is 1.03. The van der Waals surface area contributed by atoms with Crippen LogP contribution >= 0.6 is 80.9 Å². The fourth-order valence-electron chi connectivity index (χ4n) is 11.1. The number of aromatic nitrogens is 7. The van der Waals surface area contributed by atoms with Gasteiger partial charge < -0.3 is 32.3 Å². The Morgan fingerprint density at radius 3 is 1.01 bits per heavy atom. The third kappa shape index (κ3) is 24.6. The second kappa shape index (κ2) is 41.6. The van der Waals surface area contributed by atoms with Gasteiger partial charge in [0.1, 0.15) is 5.82 Å². The van der Waals surface area contributed by atoms with Gasteiger partial charge in [0, 0.05) is 118 Å². The zero-order valence-corrected chi connectivity index (χ0v) is 70.6. The first-order chi connectivity index (χ1) is 58.0. The Bertz CT molecular complexity index is 6380. The van der Waals surface area contributed by atoms with Gasteiger partial charge in [-0.25, -0.2) is 26.8 Å². The van der Waals surface area contributed by atoms with Crippen molar-refractivity contribution in [2.45, 2.75) is 16.7 Å². The molecular formula is C89H66Cl6FN13O9S3. The molecular weight excluding hydrogens is 1720 g/mol. The van der Waals surface area contributed by atoms with Crippen LogP contribution in [0.2, 0.25) is 30.1 Å². The molecule has 22 nitrogen and oxygen atoms in total. The minimum absolute atomic E-state index is 0.0160. The molecule has 15 rings (SSSR count). The van der Waals surface area contributed by atoms with Crippen molar-refractivity contribution in [3.05, 3.63) is 372 Å². The molecule has 15 aromatic rings. The van der Waals surface area contributed by atoms with E-state index in [2.05, 4.69) is 61.5 Å². The van der Waals surface area contributed by atoms with Crippen LogP contribution in [0, 0.1) is 12.9 Å². The minimum Gasteiger partial charge on any atom is -0.383 e. The summed E-state index contributed by atoms with van der Waals surface area (Å²) in [5.74, 6) is -2.59. The summed E-state index contributed by atoms with van der Waals surface area (Å²) < 4.78 is 60.3. The van der Waals surface area contributed by atoms with E-state index in [1.807, 2.05) is 91.2 Å². The molecule has 0 radical (unpaired) electrons. The highest BCUT2D eigenvalue weighted by atomic mass is 35.5. The number of sulfone groups is 2. The topological polar surface area (TPSA) is 330 Å². The maximum atomic E-state index is 13.5. The summed E-state index contributed by atoms with van der Waals surface area (Å²) in [7, 11) is -6.85. The number of amides is 5. The third-order valence-corrected chi connectivity index (χ3v) is 22.3. The number of nitrogens with two attached hydrogens (primary N) is 1. The Labute approximate surface area is 728 Å². The van der Waals surface area contributed by atoms with Gasteiger partial charge in [0.25, 0.3) is 29.5 Å². The van der Waals surface area contributed by atoms with E-state index in [4.69, 9.17) is 75.3 Å². The molecule has 0 fully saturated rings. The van der Waals surface area contributed by atoms with Crippen molar-refractivity contribution in [1.29, 1.82) is 0 Å². The molecule has 0 saturated heterocycles. The number of nitrogens with zero attached hydrogens (tertiary/aromatic N) is 7. The Morgan fingerprint density at radius 1 is 0.331 bits per heavy atom. The van der Waals surface area contributed by atoms with Gasteiger partial charge >= 0.3 is 0 Å². The number of thiophene rings is 1. The van der Waals surface area contributed by atoms with Gasteiger partial charge in [0.05, 0.1) is 90.0 Å². The monoisotopic (exact) mass is 1790 g/mol. The van der Waals surface area contributed by atoms with Crippen molar-refractivity contribution in [2.75, 3.05) is 44.8 Å². The first-order valence-electron chi connectivity index (χ1n) is 35.8. The predicted octanol–water partition coefficient (Wildman–Crippen LogP) is 21.6. The van der Waals surface area contributed by atoms with E-state index in [1.54, 1.807) is 158 Å². The molecule has 0 atom stereocenters. The highest BCUT2D eigenvalue weighted by Crippen LogP contribution is 2.36. The minimum atomic E-state index is -3.46. The van der Waals surface area contributed by atoms with Gasteiger partial charge in [-0.3, -0.25) is 48.9 Å². The molecule has 0 aliphatic rings. The number of aryl methyl sites for hydroxylation is 1. The standard InChI is InChI=1S/C19H14Cl2N2O3S.C19H15ClN2O3S.C17H11ClFN3O.C17H13ClN4O.C17H13ClN2OS/c1-27(25,26)13-6-8-17(21)15(11-13)19(24)23-12-5-7-16(20)14(10-12)18-4-2-3-9-22-18;1-26(24,25)15-6-4-5-13(11-15)19(23)22-14-8-9-17(20)16(12-14)18-7-2-3-10-21-18;2*18-14-7-6-11(10-13(14)15-5-1-2-8-20-15)22-17(23)12-4-3-9-21-16(12)19;1-11-7-9-22-16(11)17(21)20-12-5-6-14(18)13(10-12)15-4-2-3-8-19-15/h2-11H,1H3,(H,23,24);2-12H,1H3,(H,22,23);1-10H,(H,22,23);1-10H,(H2,19,21)(H,22,23);2-10H,1H3,(H,20,21). The van der Waals surface area contributed by atoms with Crippen LogP contribution < -0.4 is 32.3 Å². The van der Waals surface area contributed by atoms with Gasteiger partial charge in [-0.15, -0.1) is 11.3 Å². The fourth-order valence-corrected chi connectivity index (χ4v) is 14.6. The Morgan fingerprint density at radius 2 is 0.661 bits per heavy atom. The molecule has 7 N–H and O–H groups in total. The quantitative estimate of drug-likeness (QED) is 0.0461. The number of hydrogen-bond donors (Lipinski definition) is 6. The Kier molecular flexibility index (Phi) is 30.5. The average molecular weight is 1790 g/mol. The second-order valence-electron chi connectivity index (χ2n) is 25.7. The van der Waals surface area contributed by atoms with Crippen molar-refractivity contribution in [2.24, 2.45) is 0 Å². The molecule has 0 aliphatic heterocycles. The molecule has 0 spiro atoms. The summed E-state index contributed by atoms with van der Waals surface area (Å²) >= 11 is 38.6. The summed E-state index contributed by atoms with van der Waals surface area (Å²) in [6.45, 7) is 1.92. The van der Waals surface area contributed by atoms with E-state index in [-0.39, 0.29) is 49.1 Å². The summed E-state index contributed by atoms with van der Waals surface area (Å²) in [5.41, 5.74) is 17.1. The molecule has 608 valence electrons. The number of rotatable bonds is 17. The van der Waals surface area contributed by atoms with Crippen LogP contribution in [0.3, 0.4) is 0 Å². The van der Waals surface area contributed by atoms with Gasteiger partial charge in [-0.05, 0) is 236 Å². The summed E-state index contributed by atoms with van der Waals surface area (Å²) in [6, 6.07) is 71.1. The second-order valence-corrected chi connectivity index (χ2v) is 33.1. The number of nitrogen functional groups attached to an aromatic ring is 1. The smallest absolute Gasteiger partial charge is 0.265 e. The van der Waals surface area contributed by atoms with E-state index >= 15 is 0 Å². The molecule has 121 heavy (non-hydrogen) atoms. The van der Waals surface area contributed by atoms with Gasteiger partial charge in [0.2, 0.25) is 5.95 Å². The van der Waals surface area contributed by atoms with Crippen LogP contribution in [-0.4, -0.2) is 93.8 Å². The summed E-state index contributed by atoms with van der Waals surface area (Å²) in [4.78, 5) is 91.3. The van der Waals surface area contributed by atoms with Crippen LogP contribution in [0.25, 0.3) is 56.3 Å². The molecule has 8 aromatic heterocycles. The molecule has 5 amide bonds. The number of nitrogens with one attached hydrogen (secondary N) is 5. The number of pyridine rings is 7. The van der Waals surface area contributed by atoms with Crippen LogP contribution in [0.1, 0.15) is 56.7 Å². The Balaban J connectivity index is 0.000000148. The number of carbonyl (C=O) groups is 5. The highest BCUT2D eigenvalue weighted by Gasteiger charge is 2.21. The summed E-state index contributed by atoms with van der Waals surface area (Å²) in [5, 5.41) is 18.5. The van der Waals surface area contributed by atoms with Crippen molar-refractivity contribution < 1.29 is 45.2 Å². The van der Waals surface area contributed by atoms with Crippen LogP contribution in [0.15, 0.2) is 313 Å². The zero-order chi connectivity index (χ0) is 86.3. The maximum Gasteiger partial charge on any atom is 0.265 e. The van der Waals surface area contributed by atoms with Gasteiger partial charge in [-0.1, -0.05) is 106 Å². The highest BCUT2D eigenvalue weighted by molar-refractivity contribution is 7.91. The summed E-state index contributed by atoms with van der Waals surface area (Å²) in [6.07, 6.45) is 13.3. The van der Waals surface area contributed by atoms with Gasteiger partial charge in [0.15, 0.2) is 19.7 Å². The zero-order valence-electron chi connectivity index (χ0n) is 63.6. The molecule has 32 heteroatoms. The van der Waals surface area contributed by atoms with Crippen LogP contribution in [0.4, 0.5) is 38.6 Å². The molecule has 0 aliphatic carbocycles. The van der Waals surface area contributed by atoms with E-state index in [0.29, 0.717) is 97.8 Å². The predicted molar refractivity (Wildman–Crippen MR) is 479 cm³/mol. The van der Waals surface area contributed by atoms with E-state index < -0.39 is 43.3 Å². The lowest BCUT2D eigenvalue weighted by molar-refractivity contribution is 0.101. The SMILES string of the molecule is CS(=O)(=O)c1ccc(Cl)c(C(=O)Nc2ccc(Cl)c(-c3ccccn3)c2)c1.CS(=O)(=O)c1cccc(C(=O)Nc2ccc(Cl)c(-c3ccccn3)c2)c1.Cc1ccsc1C(=O)Nc1ccc(Cl)c(-c2ccccn2)c1.Nc1ncccc1C(=O)Nc1ccc(Cl)c(-c2ccccn2)c1.O=C(Nc1ccc(Cl)c(-c2ccccn2)c1)c1cccnc1F. The van der Waals surface area contributed by atoms with Crippen molar-refractivity contribution in [1.82, 2.24) is 34.9 Å². The van der Waals surface area contributed by atoms with Crippen LogP contribution in [0.5, 0.6) is 0 Å².